The van der Waals surface area contributed by atoms with Gasteiger partial charge in [0.1, 0.15) is 5.75 Å². The maximum Gasteiger partial charge on any atom is 0.271 e. The lowest BCUT2D eigenvalue weighted by Crippen LogP contribution is -2.17. The summed E-state index contributed by atoms with van der Waals surface area (Å²) in [7, 11) is 0. The van der Waals surface area contributed by atoms with E-state index in [-0.39, 0.29) is 12.7 Å². The number of benzene rings is 1. The Bertz CT molecular complexity index is 732. The Kier molecular flexibility index (Phi) is 4.37. The molecular formula is C16H15N3O4. The monoisotopic (exact) mass is 313 g/mol. The van der Waals surface area contributed by atoms with E-state index < -0.39 is 0 Å². The molecule has 1 N–H and O–H groups in total. The number of rotatable bonds is 5. The van der Waals surface area contributed by atoms with Crippen molar-refractivity contribution in [3.63, 3.8) is 0 Å². The molecule has 7 nitrogen and oxygen atoms in total. The lowest BCUT2D eigenvalue weighted by Gasteiger charge is -2.08. The molecule has 0 saturated carbocycles. The number of aromatic nitrogens is 1. The number of nitrogens with one attached hydrogen (secondary N) is 1. The van der Waals surface area contributed by atoms with Crippen molar-refractivity contribution in [3.05, 3.63) is 47.8 Å². The molecule has 0 aliphatic carbocycles. The molecule has 1 aliphatic rings. The predicted molar refractivity (Wildman–Crippen MR) is 83.0 cm³/mol. The number of hydrogen-bond donors (Lipinski definition) is 1. The first kappa shape index (κ1) is 14.8. The number of ether oxygens (including phenoxy) is 3. The van der Waals surface area contributed by atoms with Crippen molar-refractivity contribution in [2.75, 3.05) is 13.4 Å². The fourth-order valence-corrected chi connectivity index (χ4v) is 2.05. The fraction of sp³-hybridized carbons (Fsp3) is 0.188. The first-order chi connectivity index (χ1) is 11.3. The molecule has 1 aliphatic heterocycles. The van der Waals surface area contributed by atoms with Gasteiger partial charge in [-0.1, -0.05) is 0 Å². The Balaban J connectivity index is 1.75. The van der Waals surface area contributed by atoms with E-state index in [1.54, 1.807) is 36.7 Å². The summed E-state index contributed by atoms with van der Waals surface area (Å²) < 4.78 is 16.2. The number of nitrogens with zero attached hydrogens (tertiary/aromatic N) is 2. The largest absolute Gasteiger partial charge is 0.493 e. The summed E-state index contributed by atoms with van der Waals surface area (Å²) in [5, 5.41) is 3.96. The average molecular weight is 313 g/mol. The van der Waals surface area contributed by atoms with E-state index in [9.17, 15) is 4.79 Å². The number of hydrogen-bond acceptors (Lipinski definition) is 6. The van der Waals surface area contributed by atoms with Crippen molar-refractivity contribution in [1.29, 1.82) is 0 Å². The molecule has 1 aromatic carbocycles. The summed E-state index contributed by atoms with van der Waals surface area (Å²) in [5.41, 5.74) is 3.63. The van der Waals surface area contributed by atoms with Gasteiger partial charge in [0, 0.05) is 29.6 Å². The van der Waals surface area contributed by atoms with Gasteiger partial charge in [-0.15, -0.1) is 0 Å². The molecule has 2 heterocycles. The van der Waals surface area contributed by atoms with Crippen LogP contribution in [0.15, 0.2) is 41.8 Å². The zero-order valence-electron chi connectivity index (χ0n) is 12.5. The van der Waals surface area contributed by atoms with E-state index in [0.717, 1.165) is 0 Å². The van der Waals surface area contributed by atoms with Crippen molar-refractivity contribution in [2.24, 2.45) is 5.10 Å². The SMILES string of the molecule is CCOc1cc2c(cc1/C=N/NC(=O)c1ccncc1)OCO2. The smallest absolute Gasteiger partial charge is 0.271 e. The molecule has 118 valence electrons. The summed E-state index contributed by atoms with van der Waals surface area (Å²) in [6.45, 7) is 2.57. The molecule has 0 fully saturated rings. The Morgan fingerprint density at radius 1 is 1.35 bits per heavy atom. The molecule has 23 heavy (non-hydrogen) atoms. The van der Waals surface area contributed by atoms with Crippen molar-refractivity contribution in [1.82, 2.24) is 10.4 Å². The van der Waals surface area contributed by atoms with Crippen LogP contribution in [0.1, 0.15) is 22.8 Å². The molecule has 0 bridgehead atoms. The molecule has 1 amide bonds. The van der Waals surface area contributed by atoms with E-state index in [0.29, 0.717) is 35.0 Å². The second-order valence-corrected chi connectivity index (χ2v) is 4.61. The Labute approximate surface area is 132 Å². The standard InChI is InChI=1S/C16H15N3O4/c1-2-21-13-8-15-14(22-10-23-15)7-12(13)9-18-19-16(20)11-3-5-17-6-4-11/h3-9H,2,10H2,1H3,(H,19,20)/b18-9+. The molecule has 0 unspecified atom stereocenters. The number of amides is 1. The topological polar surface area (TPSA) is 82.0 Å². The zero-order valence-corrected chi connectivity index (χ0v) is 12.5. The maximum atomic E-state index is 11.9. The van der Waals surface area contributed by atoms with Gasteiger partial charge in [-0.25, -0.2) is 5.43 Å². The average Bonchev–Trinajstić information content (AvgIpc) is 3.03. The quantitative estimate of drug-likeness (QED) is 0.674. The second kappa shape index (κ2) is 6.78. The summed E-state index contributed by atoms with van der Waals surface area (Å²) in [6.07, 6.45) is 4.60. The minimum absolute atomic E-state index is 0.181. The van der Waals surface area contributed by atoms with E-state index >= 15 is 0 Å². The highest BCUT2D eigenvalue weighted by Gasteiger charge is 2.17. The lowest BCUT2D eigenvalue weighted by molar-refractivity contribution is 0.0955. The van der Waals surface area contributed by atoms with Gasteiger partial charge < -0.3 is 14.2 Å². The zero-order chi connectivity index (χ0) is 16.1. The van der Waals surface area contributed by atoms with Gasteiger partial charge in [0.05, 0.1) is 12.8 Å². The first-order valence-electron chi connectivity index (χ1n) is 7.08. The van der Waals surface area contributed by atoms with Crippen LogP contribution < -0.4 is 19.6 Å². The van der Waals surface area contributed by atoms with Crippen molar-refractivity contribution >= 4 is 12.1 Å². The highest BCUT2D eigenvalue weighted by Crippen LogP contribution is 2.37. The van der Waals surface area contributed by atoms with Gasteiger partial charge in [-0.2, -0.15) is 5.10 Å². The van der Waals surface area contributed by atoms with Crippen LogP contribution in [-0.2, 0) is 0 Å². The van der Waals surface area contributed by atoms with E-state index in [2.05, 4.69) is 15.5 Å². The lowest BCUT2D eigenvalue weighted by atomic mass is 10.2. The number of hydrazone groups is 1. The van der Waals surface area contributed by atoms with Crippen LogP contribution >= 0.6 is 0 Å². The van der Waals surface area contributed by atoms with Gasteiger partial charge in [-0.3, -0.25) is 9.78 Å². The van der Waals surface area contributed by atoms with Crippen LogP contribution in [-0.4, -0.2) is 30.5 Å². The highest BCUT2D eigenvalue weighted by atomic mass is 16.7. The van der Waals surface area contributed by atoms with Crippen molar-refractivity contribution < 1.29 is 19.0 Å². The maximum absolute atomic E-state index is 11.9. The van der Waals surface area contributed by atoms with Gasteiger partial charge in [0.15, 0.2) is 11.5 Å². The molecular weight excluding hydrogens is 298 g/mol. The fourth-order valence-electron chi connectivity index (χ4n) is 2.05. The third-order valence-electron chi connectivity index (χ3n) is 3.12. The van der Waals surface area contributed by atoms with Crippen LogP contribution in [0.2, 0.25) is 0 Å². The van der Waals surface area contributed by atoms with Crippen molar-refractivity contribution in [2.45, 2.75) is 6.92 Å². The van der Waals surface area contributed by atoms with Crippen LogP contribution in [0, 0.1) is 0 Å². The van der Waals surface area contributed by atoms with Gasteiger partial charge in [0.2, 0.25) is 6.79 Å². The molecule has 2 aromatic rings. The van der Waals surface area contributed by atoms with E-state index in [1.165, 1.54) is 6.21 Å². The van der Waals surface area contributed by atoms with E-state index in [4.69, 9.17) is 14.2 Å². The Hall–Kier alpha value is -3.09. The number of fused-ring (bicyclic) bond motifs is 1. The molecule has 0 saturated heterocycles. The Morgan fingerprint density at radius 2 is 2.09 bits per heavy atom. The molecule has 7 heteroatoms. The third-order valence-corrected chi connectivity index (χ3v) is 3.12. The van der Waals surface area contributed by atoms with E-state index in [1.807, 2.05) is 6.92 Å². The third kappa shape index (κ3) is 3.39. The number of carbonyl (C=O) groups is 1. The molecule has 0 spiro atoms. The van der Waals surface area contributed by atoms with Crippen LogP contribution in [0.3, 0.4) is 0 Å². The number of carbonyl (C=O) groups excluding carboxylic acids is 1. The predicted octanol–water partition coefficient (Wildman–Crippen LogP) is 1.97. The van der Waals surface area contributed by atoms with Gasteiger partial charge in [0.25, 0.3) is 5.91 Å². The van der Waals surface area contributed by atoms with Crippen LogP contribution in [0.4, 0.5) is 0 Å². The van der Waals surface area contributed by atoms with Gasteiger partial charge in [-0.05, 0) is 25.1 Å². The Morgan fingerprint density at radius 3 is 2.83 bits per heavy atom. The minimum Gasteiger partial charge on any atom is -0.493 e. The second-order valence-electron chi connectivity index (χ2n) is 4.61. The van der Waals surface area contributed by atoms with Crippen LogP contribution in [0.5, 0.6) is 17.2 Å². The van der Waals surface area contributed by atoms with Crippen LogP contribution in [0.25, 0.3) is 0 Å². The molecule has 0 radical (unpaired) electrons. The first-order valence-corrected chi connectivity index (χ1v) is 7.08. The minimum atomic E-state index is -0.317. The number of pyridine rings is 1. The summed E-state index contributed by atoms with van der Waals surface area (Å²) in [5.74, 6) is 1.54. The van der Waals surface area contributed by atoms with Gasteiger partial charge >= 0.3 is 0 Å². The summed E-state index contributed by atoms with van der Waals surface area (Å²) >= 11 is 0. The van der Waals surface area contributed by atoms with Crippen molar-refractivity contribution in [3.8, 4) is 17.2 Å². The summed E-state index contributed by atoms with van der Waals surface area (Å²) in [6, 6.07) is 6.72. The molecule has 3 rings (SSSR count). The highest BCUT2D eigenvalue weighted by molar-refractivity contribution is 5.95. The molecule has 0 atom stereocenters. The normalized spacial score (nSPS) is 12.4. The summed E-state index contributed by atoms with van der Waals surface area (Å²) in [4.78, 5) is 15.8. The molecule has 1 aromatic heterocycles.